The van der Waals surface area contributed by atoms with Gasteiger partial charge in [-0.25, -0.2) is 0 Å². The number of amides is 1. The first-order valence-electron chi connectivity index (χ1n) is 6.76. The summed E-state index contributed by atoms with van der Waals surface area (Å²) >= 11 is 5.95. The molecular formula is C15H21ClN2O3. The zero-order valence-electron chi connectivity index (χ0n) is 12.6. The number of anilines is 1. The Morgan fingerprint density at radius 2 is 2.05 bits per heavy atom. The van der Waals surface area contributed by atoms with Crippen LogP contribution < -0.4 is 5.73 Å². The Kier molecular flexibility index (Phi) is 6.49. The fourth-order valence-electron chi connectivity index (χ4n) is 1.94. The van der Waals surface area contributed by atoms with E-state index >= 15 is 0 Å². The predicted molar refractivity (Wildman–Crippen MR) is 83.2 cm³/mol. The smallest absolute Gasteiger partial charge is 0.307 e. The molecule has 0 fully saturated rings. The van der Waals surface area contributed by atoms with Crippen LogP contribution in [0.4, 0.5) is 5.69 Å². The number of benzene rings is 1. The Balaban J connectivity index is 2.93. The fraction of sp³-hybridized carbons (Fsp3) is 0.467. The lowest BCUT2D eigenvalue weighted by Crippen LogP contribution is -2.36. The van der Waals surface area contributed by atoms with Gasteiger partial charge in [0.1, 0.15) is 0 Å². The van der Waals surface area contributed by atoms with E-state index in [0.29, 0.717) is 17.1 Å². The van der Waals surface area contributed by atoms with E-state index in [0.717, 1.165) is 0 Å². The van der Waals surface area contributed by atoms with Crippen LogP contribution in [-0.4, -0.2) is 37.0 Å². The molecule has 0 atom stereocenters. The number of para-hydroxylation sites is 1. The third-order valence-electron chi connectivity index (χ3n) is 2.97. The summed E-state index contributed by atoms with van der Waals surface area (Å²) in [4.78, 5) is 25.5. The molecule has 0 unspecified atom stereocenters. The number of halogens is 1. The number of esters is 1. The number of hydrogen-bond acceptors (Lipinski definition) is 4. The van der Waals surface area contributed by atoms with Gasteiger partial charge in [0.15, 0.2) is 0 Å². The molecule has 0 spiro atoms. The first kappa shape index (κ1) is 17.3. The zero-order valence-corrected chi connectivity index (χ0v) is 13.3. The van der Waals surface area contributed by atoms with E-state index in [1.165, 1.54) is 7.11 Å². The molecule has 1 aromatic carbocycles. The van der Waals surface area contributed by atoms with Gasteiger partial charge in [-0.2, -0.15) is 0 Å². The highest BCUT2D eigenvalue weighted by Crippen LogP contribution is 2.24. The van der Waals surface area contributed by atoms with Crippen molar-refractivity contribution < 1.29 is 14.3 Å². The van der Waals surface area contributed by atoms with Crippen molar-refractivity contribution in [3.8, 4) is 0 Å². The molecule has 0 radical (unpaired) electrons. The lowest BCUT2D eigenvalue weighted by Gasteiger charge is -2.25. The van der Waals surface area contributed by atoms with Crippen molar-refractivity contribution in [3.05, 3.63) is 28.8 Å². The molecular weight excluding hydrogens is 292 g/mol. The predicted octanol–water partition coefficient (Wildman–Crippen LogP) is 2.58. The van der Waals surface area contributed by atoms with E-state index in [-0.39, 0.29) is 36.4 Å². The second-order valence-corrected chi connectivity index (χ2v) is 5.58. The molecule has 0 saturated carbocycles. The molecule has 0 bridgehead atoms. The summed E-state index contributed by atoms with van der Waals surface area (Å²) in [6.45, 7) is 4.82. The molecule has 1 aromatic rings. The van der Waals surface area contributed by atoms with Gasteiger partial charge in [-0.3, -0.25) is 9.59 Å². The topological polar surface area (TPSA) is 72.6 Å². The number of nitrogens with zero attached hydrogens (tertiary/aromatic N) is 1. The molecule has 0 aromatic heterocycles. The van der Waals surface area contributed by atoms with E-state index in [1.54, 1.807) is 23.1 Å². The molecule has 5 nitrogen and oxygen atoms in total. The van der Waals surface area contributed by atoms with Crippen LogP contribution in [-0.2, 0) is 9.53 Å². The van der Waals surface area contributed by atoms with E-state index in [4.69, 9.17) is 17.3 Å². The number of rotatable bonds is 6. The van der Waals surface area contributed by atoms with Crippen LogP contribution in [0.5, 0.6) is 0 Å². The minimum Gasteiger partial charge on any atom is -0.469 e. The minimum absolute atomic E-state index is 0.148. The van der Waals surface area contributed by atoms with Gasteiger partial charge < -0.3 is 15.4 Å². The van der Waals surface area contributed by atoms with Crippen LogP contribution in [0.2, 0.25) is 5.02 Å². The lowest BCUT2D eigenvalue weighted by atomic mass is 10.1. The highest BCUT2D eigenvalue weighted by atomic mass is 35.5. The monoisotopic (exact) mass is 312 g/mol. The van der Waals surface area contributed by atoms with Crippen molar-refractivity contribution in [1.82, 2.24) is 4.90 Å². The largest absolute Gasteiger partial charge is 0.469 e. The number of carbonyl (C=O) groups is 2. The van der Waals surface area contributed by atoms with Gasteiger partial charge in [0.2, 0.25) is 0 Å². The van der Waals surface area contributed by atoms with Gasteiger partial charge in [-0.15, -0.1) is 0 Å². The van der Waals surface area contributed by atoms with Gasteiger partial charge in [-0.1, -0.05) is 31.5 Å². The number of carbonyl (C=O) groups excluding carboxylic acids is 2. The average molecular weight is 313 g/mol. The van der Waals surface area contributed by atoms with Crippen LogP contribution in [0.3, 0.4) is 0 Å². The molecule has 0 aliphatic rings. The molecule has 2 N–H and O–H groups in total. The highest BCUT2D eigenvalue weighted by Gasteiger charge is 2.20. The normalized spacial score (nSPS) is 10.5. The average Bonchev–Trinajstić information content (AvgIpc) is 2.44. The van der Waals surface area contributed by atoms with Gasteiger partial charge in [-0.05, 0) is 18.1 Å². The second-order valence-electron chi connectivity index (χ2n) is 5.17. The number of hydrogen-bond donors (Lipinski definition) is 1. The summed E-state index contributed by atoms with van der Waals surface area (Å²) in [7, 11) is 1.33. The first-order chi connectivity index (χ1) is 9.86. The van der Waals surface area contributed by atoms with Crippen molar-refractivity contribution >= 4 is 29.2 Å². The maximum Gasteiger partial charge on any atom is 0.307 e. The van der Waals surface area contributed by atoms with Crippen LogP contribution in [0, 0.1) is 5.92 Å². The number of methoxy groups -OCH3 is 1. The van der Waals surface area contributed by atoms with Crippen molar-refractivity contribution in [2.24, 2.45) is 5.92 Å². The quantitative estimate of drug-likeness (QED) is 0.647. The summed E-state index contributed by atoms with van der Waals surface area (Å²) in [6, 6.07) is 4.95. The van der Waals surface area contributed by atoms with Gasteiger partial charge in [0.25, 0.3) is 5.91 Å². The number of nitrogen functional groups attached to an aromatic ring is 1. The van der Waals surface area contributed by atoms with Gasteiger partial charge in [0, 0.05) is 13.1 Å². The summed E-state index contributed by atoms with van der Waals surface area (Å²) in [6.07, 6.45) is 0.148. The SMILES string of the molecule is COC(=O)CCN(CC(C)C)C(=O)c1cccc(Cl)c1N. The molecule has 116 valence electrons. The van der Waals surface area contributed by atoms with Gasteiger partial charge in [0.05, 0.1) is 29.8 Å². The Morgan fingerprint density at radius 1 is 1.38 bits per heavy atom. The Morgan fingerprint density at radius 3 is 2.62 bits per heavy atom. The Bertz CT molecular complexity index is 518. The molecule has 1 rings (SSSR count). The number of nitrogens with two attached hydrogens (primary N) is 1. The minimum atomic E-state index is -0.351. The summed E-state index contributed by atoms with van der Waals surface area (Å²) in [5.74, 6) is -0.310. The van der Waals surface area contributed by atoms with E-state index in [9.17, 15) is 9.59 Å². The van der Waals surface area contributed by atoms with Crippen molar-refractivity contribution in [2.45, 2.75) is 20.3 Å². The molecule has 0 aliphatic carbocycles. The van der Waals surface area contributed by atoms with E-state index < -0.39 is 0 Å². The molecule has 6 heteroatoms. The highest BCUT2D eigenvalue weighted by molar-refractivity contribution is 6.33. The van der Waals surface area contributed by atoms with Crippen molar-refractivity contribution in [2.75, 3.05) is 25.9 Å². The molecule has 1 amide bonds. The Hall–Kier alpha value is -1.75. The lowest BCUT2D eigenvalue weighted by molar-refractivity contribution is -0.140. The third-order valence-corrected chi connectivity index (χ3v) is 3.30. The van der Waals surface area contributed by atoms with Crippen molar-refractivity contribution in [3.63, 3.8) is 0 Å². The summed E-state index contributed by atoms with van der Waals surface area (Å²) < 4.78 is 4.61. The number of ether oxygens (including phenoxy) is 1. The molecule has 21 heavy (non-hydrogen) atoms. The fourth-order valence-corrected chi connectivity index (χ4v) is 2.11. The van der Waals surface area contributed by atoms with Crippen LogP contribution in [0.15, 0.2) is 18.2 Å². The van der Waals surface area contributed by atoms with Crippen LogP contribution in [0.25, 0.3) is 0 Å². The van der Waals surface area contributed by atoms with Crippen LogP contribution in [0.1, 0.15) is 30.6 Å². The Labute approximate surface area is 130 Å². The van der Waals surface area contributed by atoms with E-state index in [1.807, 2.05) is 13.8 Å². The summed E-state index contributed by atoms with van der Waals surface area (Å²) in [5, 5.41) is 0.346. The molecule has 0 saturated heterocycles. The maximum atomic E-state index is 12.6. The third kappa shape index (κ3) is 4.93. The van der Waals surface area contributed by atoms with Crippen LogP contribution >= 0.6 is 11.6 Å². The second kappa shape index (κ2) is 7.88. The molecule has 0 aliphatic heterocycles. The van der Waals surface area contributed by atoms with Gasteiger partial charge >= 0.3 is 5.97 Å². The van der Waals surface area contributed by atoms with E-state index in [2.05, 4.69) is 4.74 Å². The zero-order chi connectivity index (χ0) is 16.0. The first-order valence-corrected chi connectivity index (χ1v) is 7.14. The van der Waals surface area contributed by atoms with Crippen molar-refractivity contribution in [1.29, 1.82) is 0 Å². The maximum absolute atomic E-state index is 12.6. The summed E-state index contributed by atoms with van der Waals surface area (Å²) in [5.41, 5.74) is 6.48. The standard InChI is InChI=1S/C15H21ClN2O3/c1-10(2)9-18(8-7-13(19)21-3)15(20)11-5-4-6-12(16)14(11)17/h4-6,10H,7-9,17H2,1-3H3. The molecule has 0 heterocycles.